The van der Waals surface area contributed by atoms with Crippen LogP contribution in [-0.4, -0.2) is 55.2 Å². The number of fused-ring (bicyclic) bond motifs is 1. The van der Waals surface area contributed by atoms with E-state index in [0.29, 0.717) is 11.2 Å². The Bertz CT molecular complexity index is 726. The molecule has 0 saturated carbocycles. The van der Waals surface area contributed by atoms with E-state index in [1.165, 1.54) is 6.33 Å². The van der Waals surface area contributed by atoms with Crippen LogP contribution in [0.3, 0.4) is 0 Å². The standard InChI is InChI=1S/C12H14N6O4/c13-1-2-21-11-9-10(16-12(14)17-11)18(5-15-9)8-3-6(20)7(4-19)22-8/h5-8,19-20H,2-4H2,(H2,14,16,17)/t6-,7+,8+/m0/s1. The Hall–Kier alpha value is -2.48. The number of aliphatic hydroxyl groups is 2. The summed E-state index contributed by atoms with van der Waals surface area (Å²) in [6.45, 7) is -0.471. The van der Waals surface area contributed by atoms with Gasteiger partial charge in [0.05, 0.1) is 19.0 Å². The largest absolute Gasteiger partial charge is 0.461 e. The predicted molar refractivity (Wildman–Crippen MR) is 72.5 cm³/mol. The van der Waals surface area contributed by atoms with Crippen molar-refractivity contribution in [3.63, 3.8) is 0 Å². The Kier molecular flexibility index (Phi) is 3.76. The first-order valence-electron chi connectivity index (χ1n) is 6.58. The third-order valence-corrected chi connectivity index (χ3v) is 3.37. The Morgan fingerprint density at radius 2 is 2.36 bits per heavy atom. The summed E-state index contributed by atoms with van der Waals surface area (Å²) >= 11 is 0. The van der Waals surface area contributed by atoms with Gasteiger partial charge in [-0.3, -0.25) is 4.57 Å². The van der Waals surface area contributed by atoms with Gasteiger partial charge in [0.25, 0.3) is 0 Å². The van der Waals surface area contributed by atoms with E-state index >= 15 is 0 Å². The monoisotopic (exact) mass is 306 g/mol. The minimum absolute atomic E-state index is 0.0283. The van der Waals surface area contributed by atoms with Crippen LogP contribution in [0.25, 0.3) is 11.2 Å². The highest BCUT2D eigenvalue weighted by Gasteiger charge is 2.35. The van der Waals surface area contributed by atoms with Crippen molar-refractivity contribution in [2.24, 2.45) is 0 Å². The summed E-state index contributed by atoms with van der Waals surface area (Å²) in [5, 5.41) is 27.5. The van der Waals surface area contributed by atoms with Crippen LogP contribution in [0.4, 0.5) is 5.95 Å². The minimum atomic E-state index is -0.777. The number of nitrogen functional groups attached to an aromatic ring is 1. The molecule has 1 aliphatic rings. The number of nitrogens with two attached hydrogens (primary N) is 1. The summed E-state index contributed by atoms with van der Waals surface area (Å²) < 4.78 is 12.3. The van der Waals surface area contributed by atoms with Gasteiger partial charge in [0, 0.05) is 6.42 Å². The van der Waals surface area contributed by atoms with E-state index < -0.39 is 18.4 Å². The van der Waals surface area contributed by atoms with E-state index in [-0.39, 0.29) is 31.5 Å². The van der Waals surface area contributed by atoms with E-state index in [1.54, 1.807) is 4.57 Å². The highest BCUT2D eigenvalue weighted by atomic mass is 16.5. The van der Waals surface area contributed by atoms with E-state index in [2.05, 4.69) is 15.0 Å². The van der Waals surface area contributed by atoms with Gasteiger partial charge in [0.2, 0.25) is 11.8 Å². The number of nitriles is 1. The number of nitrogens with zero attached hydrogens (tertiary/aromatic N) is 5. The highest BCUT2D eigenvalue weighted by Crippen LogP contribution is 2.32. The van der Waals surface area contributed by atoms with Crippen LogP contribution >= 0.6 is 0 Å². The molecule has 0 spiro atoms. The van der Waals surface area contributed by atoms with Crippen molar-refractivity contribution in [3.05, 3.63) is 6.33 Å². The maximum Gasteiger partial charge on any atom is 0.248 e. The molecular formula is C12H14N6O4. The fourth-order valence-corrected chi connectivity index (χ4v) is 2.37. The Labute approximate surface area is 124 Å². The van der Waals surface area contributed by atoms with Gasteiger partial charge in [-0.15, -0.1) is 0 Å². The van der Waals surface area contributed by atoms with Crippen LogP contribution in [0.1, 0.15) is 12.6 Å². The number of anilines is 1. The highest BCUT2D eigenvalue weighted by molar-refractivity contribution is 5.77. The topological polar surface area (TPSA) is 152 Å². The lowest BCUT2D eigenvalue weighted by Crippen LogP contribution is -2.24. The van der Waals surface area contributed by atoms with Gasteiger partial charge in [0.1, 0.15) is 18.4 Å². The van der Waals surface area contributed by atoms with E-state index in [1.807, 2.05) is 6.07 Å². The van der Waals surface area contributed by atoms with E-state index in [0.717, 1.165) is 0 Å². The smallest absolute Gasteiger partial charge is 0.248 e. The third kappa shape index (κ3) is 2.41. The molecule has 0 unspecified atom stereocenters. The number of rotatable bonds is 4. The minimum Gasteiger partial charge on any atom is -0.461 e. The lowest BCUT2D eigenvalue weighted by Gasteiger charge is -2.13. The second-order valence-corrected chi connectivity index (χ2v) is 4.77. The molecule has 1 aliphatic heterocycles. The maximum atomic E-state index is 9.82. The first kappa shape index (κ1) is 14.5. The zero-order chi connectivity index (χ0) is 15.7. The van der Waals surface area contributed by atoms with Crippen molar-refractivity contribution in [2.75, 3.05) is 18.9 Å². The Morgan fingerprint density at radius 1 is 1.55 bits per heavy atom. The van der Waals surface area contributed by atoms with Crippen LogP contribution in [0.15, 0.2) is 6.33 Å². The summed E-state index contributed by atoms with van der Waals surface area (Å²) in [4.78, 5) is 12.2. The second kappa shape index (κ2) is 5.72. The lowest BCUT2D eigenvalue weighted by molar-refractivity contribution is -0.0432. The summed E-state index contributed by atoms with van der Waals surface area (Å²) in [7, 11) is 0. The van der Waals surface area contributed by atoms with Crippen LogP contribution in [0, 0.1) is 11.3 Å². The number of aliphatic hydroxyl groups excluding tert-OH is 2. The molecule has 4 N–H and O–H groups in total. The summed E-state index contributed by atoms with van der Waals surface area (Å²) in [5.41, 5.74) is 6.36. The molecule has 1 saturated heterocycles. The molecule has 3 atom stereocenters. The number of aromatic nitrogens is 4. The van der Waals surface area contributed by atoms with Gasteiger partial charge in [-0.1, -0.05) is 0 Å². The molecule has 0 amide bonds. The molecular weight excluding hydrogens is 292 g/mol. The predicted octanol–water partition coefficient (Wildman–Crippen LogP) is -1.05. The average Bonchev–Trinajstić information content (AvgIpc) is 3.07. The molecule has 116 valence electrons. The number of hydrogen-bond acceptors (Lipinski definition) is 9. The third-order valence-electron chi connectivity index (χ3n) is 3.37. The summed E-state index contributed by atoms with van der Waals surface area (Å²) in [6, 6.07) is 1.84. The van der Waals surface area contributed by atoms with E-state index in [9.17, 15) is 5.11 Å². The molecule has 0 bridgehead atoms. The van der Waals surface area contributed by atoms with Gasteiger partial charge >= 0.3 is 0 Å². The molecule has 0 aliphatic carbocycles. The first-order chi connectivity index (χ1) is 10.6. The molecule has 3 rings (SSSR count). The van der Waals surface area contributed by atoms with Crippen molar-refractivity contribution >= 4 is 17.1 Å². The van der Waals surface area contributed by atoms with Gasteiger partial charge < -0.3 is 25.4 Å². The Balaban J connectivity index is 1.99. The zero-order valence-electron chi connectivity index (χ0n) is 11.5. The first-order valence-corrected chi connectivity index (χ1v) is 6.58. The van der Waals surface area contributed by atoms with Gasteiger partial charge in [0.15, 0.2) is 17.8 Å². The molecule has 10 heteroatoms. The molecule has 0 radical (unpaired) electrons. The van der Waals surface area contributed by atoms with Crippen molar-refractivity contribution in [1.82, 2.24) is 19.5 Å². The van der Waals surface area contributed by atoms with Crippen molar-refractivity contribution < 1.29 is 19.7 Å². The summed E-state index contributed by atoms with van der Waals surface area (Å²) in [6.07, 6.45) is -0.211. The van der Waals surface area contributed by atoms with Crippen LogP contribution in [0.2, 0.25) is 0 Å². The number of hydrogen-bond donors (Lipinski definition) is 3. The van der Waals surface area contributed by atoms with E-state index in [4.69, 9.17) is 25.6 Å². The van der Waals surface area contributed by atoms with Gasteiger partial charge in [-0.05, 0) is 0 Å². The van der Waals surface area contributed by atoms with Crippen LogP contribution in [-0.2, 0) is 4.74 Å². The van der Waals surface area contributed by atoms with Crippen molar-refractivity contribution in [2.45, 2.75) is 24.9 Å². The molecule has 2 aromatic heterocycles. The fraction of sp³-hybridized carbons (Fsp3) is 0.500. The molecule has 2 aromatic rings. The zero-order valence-corrected chi connectivity index (χ0v) is 11.5. The lowest BCUT2D eigenvalue weighted by atomic mass is 10.2. The number of ether oxygens (including phenoxy) is 2. The van der Waals surface area contributed by atoms with Crippen LogP contribution in [0.5, 0.6) is 5.88 Å². The average molecular weight is 306 g/mol. The molecule has 0 aromatic carbocycles. The quantitative estimate of drug-likeness (QED) is 0.642. The molecule has 22 heavy (non-hydrogen) atoms. The fourth-order valence-electron chi connectivity index (χ4n) is 2.37. The summed E-state index contributed by atoms with van der Waals surface area (Å²) in [5.74, 6) is 0.0829. The van der Waals surface area contributed by atoms with Crippen molar-refractivity contribution in [3.8, 4) is 11.9 Å². The van der Waals surface area contributed by atoms with Crippen LogP contribution < -0.4 is 10.5 Å². The molecule has 3 heterocycles. The second-order valence-electron chi connectivity index (χ2n) is 4.77. The van der Waals surface area contributed by atoms with Gasteiger partial charge in [-0.2, -0.15) is 15.2 Å². The molecule has 10 nitrogen and oxygen atoms in total. The number of imidazole rings is 1. The Morgan fingerprint density at radius 3 is 3.05 bits per heavy atom. The SMILES string of the molecule is N#CCOc1nc(N)nc2c1ncn2[C@H]1C[C@H](O)[C@@H](CO)O1. The van der Waals surface area contributed by atoms with Gasteiger partial charge in [-0.25, -0.2) is 4.98 Å². The molecule has 1 fully saturated rings. The normalized spacial score (nSPS) is 24.5. The van der Waals surface area contributed by atoms with Crippen molar-refractivity contribution in [1.29, 1.82) is 5.26 Å². The maximum absolute atomic E-state index is 9.82.